The van der Waals surface area contributed by atoms with Crippen LogP contribution in [0.4, 0.5) is 0 Å². The van der Waals surface area contributed by atoms with Gasteiger partial charge in [0, 0.05) is 28.3 Å². The number of benzene rings is 1. The number of hydrogen-bond acceptors (Lipinski definition) is 2. The van der Waals surface area contributed by atoms with Crippen LogP contribution in [0, 0.1) is 5.92 Å². The Labute approximate surface area is 133 Å². The monoisotopic (exact) mass is 309 g/mol. The van der Waals surface area contributed by atoms with Crippen molar-refractivity contribution in [1.82, 2.24) is 5.32 Å². The van der Waals surface area contributed by atoms with Gasteiger partial charge < -0.3 is 5.32 Å². The summed E-state index contributed by atoms with van der Waals surface area (Å²) in [5.41, 5.74) is 2.61. The van der Waals surface area contributed by atoms with Crippen LogP contribution in [0.1, 0.15) is 64.1 Å². The molecule has 0 fully saturated rings. The summed E-state index contributed by atoms with van der Waals surface area (Å²) in [6.07, 6.45) is 1.10. The van der Waals surface area contributed by atoms with Gasteiger partial charge in [-0.1, -0.05) is 65.3 Å². The molecule has 1 aromatic carbocycles. The Hall–Kier alpha value is -0.670. The maximum atomic E-state index is 12.3. The summed E-state index contributed by atoms with van der Waals surface area (Å²) < 4.78 is 12.3. The van der Waals surface area contributed by atoms with E-state index in [1.54, 1.807) is 0 Å². The molecule has 0 radical (unpaired) electrons. The molecule has 0 heterocycles. The second-order valence-corrected chi connectivity index (χ2v) is 7.76. The molecular formula is C18H31NOS. The molecule has 120 valence electrons. The summed E-state index contributed by atoms with van der Waals surface area (Å²) in [5, 5.41) is 3.48. The van der Waals surface area contributed by atoms with Gasteiger partial charge in [-0.2, -0.15) is 0 Å². The molecule has 0 aliphatic rings. The summed E-state index contributed by atoms with van der Waals surface area (Å²) in [5.74, 6) is 2.61. The normalized spacial score (nSPS) is 15.9. The van der Waals surface area contributed by atoms with Crippen molar-refractivity contribution in [3.8, 4) is 0 Å². The van der Waals surface area contributed by atoms with Crippen molar-refractivity contribution >= 4 is 10.8 Å². The largest absolute Gasteiger partial charge is 0.309 e. The Balaban J connectivity index is 2.74. The van der Waals surface area contributed by atoms with E-state index in [0.29, 0.717) is 17.6 Å². The minimum Gasteiger partial charge on any atom is -0.309 e. The Morgan fingerprint density at radius 3 is 2.05 bits per heavy atom. The molecule has 0 aliphatic heterocycles. The van der Waals surface area contributed by atoms with Gasteiger partial charge in [-0.3, -0.25) is 4.21 Å². The maximum absolute atomic E-state index is 12.3. The summed E-state index contributed by atoms with van der Waals surface area (Å²) >= 11 is 0. The summed E-state index contributed by atoms with van der Waals surface area (Å²) in [4.78, 5) is 0. The highest BCUT2D eigenvalue weighted by atomic mass is 32.2. The molecule has 0 aromatic heterocycles. The SMILES string of the molecule is CCNC(CS(=O)CC(C)CC)c1ccc(C(C)C)cc1. The van der Waals surface area contributed by atoms with E-state index in [1.165, 1.54) is 11.1 Å². The fourth-order valence-electron chi connectivity index (χ4n) is 2.32. The first-order valence-electron chi connectivity index (χ1n) is 8.16. The lowest BCUT2D eigenvalue weighted by molar-refractivity contribution is 0.582. The molecule has 3 heteroatoms. The third kappa shape index (κ3) is 6.31. The third-order valence-corrected chi connectivity index (χ3v) is 5.62. The van der Waals surface area contributed by atoms with Crippen LogP contribution in [0.5, 0.6) is 0 Å². The van der Waals surface area contributed by atoms with Gasteiger partial charge in [-0.15, -0.1) is 0 Å². The summed E-state index contributed by atoms with van der Waals surface area (Å²) in [7, 11) is -0.759. The Kier molecular flexibility index (Phi) is 8.20. The smallest absolute Gasteiger partial charge is 0.0436 e. The lowest BCUT2D eigenvalue weighted by Crippen LogP contribution is -2.27. The van der Waals surface area contributed by atoms with Crippen LogP contribution in [-0.4, -0.2) is 22.3 Å². The fourth-order valence-corrected chi connectivity index (χ4v) is 4.01. The lowest BCUT2D eigenvalue weighted by Gasteiger charge is -2.20. The fraction of sp³-hybridized carbons (Fsp3) is 0.667. The first-order chi connectivity index (χ1) is 9.97. The molecule has 0 saturated heterocycles. The van der Waals surface area contributed by atoms with Gasteiger partial charge in [0.05, 0.1) is 0 Å². The van der Waals surface area contributed by atoms with Gasteiger partial charge >= 0.3 is 0 Å². The van der Waals surface area contributed by atoms with Crippen LogP contribution in [0.3, 0.4) is 0 Å². The average molecular weight is 310 g/mol. The van der Waals surface area contributed by atoms with Gasteiger partial charge in [0.15, 0.2) is 0 Å². The maximum Gasteiger partial charge on any atom is 0.0436 e. The van der Waals surface area contributed by atoms with Crippen molar-refractivity contribution in [3.05, 3.63) is 35.4 Å². The quantitative estimate of drug-likeness (QED) is 0.738. The molecule has 21 heavy (non-hydrogen) atoms. The molecule has 0 saturated carbocycles. The zero-order valence-corrected chi connectivity index (χ0v) is 15.0. The zero-order chi connectivity index (χ0) is 15.8. The van der Waals surface area contributed by atoms with Crippen LogP contribution in [0.25, 0.3) is 0 Å². The topological polar surface area (TPSA) is 29.1 Å². The van der Waals surface area contributed by atoms with Crippen molar-refractivity contribution in [2.75, 3.05) is 18.1 Å². The highest BCUT2D eigenvalue weighted by molar-refractivity contribution is 7.85. The van der Waals surface area contributed by atoms with E-state index >= 15 is 0 Å². The summed E-state index contributed by atoms with van der Waals surface area (Å²) in [6, 6.07) is 8.96. The highest BCUT2D eigenvalue weighted by Crippen LogP contribution is 2.20. The molecule has 0 amide bonds. The van der Waals surface area contributed by atoms with E-state index in [9.17, 15) is 4.21 Å². The number of rotatable bonds is 9. The molecule has 2 nitrogen and oxygen atoms in total. The number of nitrogens with one attached hydrogen (secondary N) is 1. The predicted molar refractivity (Wildman–Crippen MR) is 94.3 cm³/mol. The van der Waals surface area contributed by atoms with Gasteiger partial charge in [0.1, 0.15) is 0 Å². The Bertz CT molecular complexity index is 427. The number of hydrogen-bond donors (Lipinski definition) is 1. The van der Waals surface area contributed by atoms with Crippen LogP contribution < -0.4 is 5.32 Å². The molecule has 1 N–H and O–H groups in total. The van der Waals surface area contributed by atoms with Crippen molar-refractivity contribution in [1.29, 1.82) is 0 Å². The second-order valence-electron chi connectivity index (χ2n) is 6.22. The van der Waals surface area contributed by atoms with Gasteiger partial charge in [0.25, 0.3) is 0 Å². The third-order valence-electron chi connectivity index (χ3n) is 3.98. The van der Waals surface area contributed by atoms with Crippen LogP contribution in [0.2, 0.25) is 0 Å². The van der Waals surface area contributed by atoms with Gasteiger partial charge in [0.2, 0.25) is 0 Å². The second kappa shape index (κ2) is 9.37. The van der Waals surface area contributed by atoms with Crippen molar-refractivity contribution in [2.24, 2.45) is 5.92 Å². The molecule has 0 spiro atoms. The van der Waals surface area contributed by atoms with Gasteiger partial charge in [-0.25, -0.2) is 0 Å². The molecule has 1 aromatic rings. The minimum atomic E-state index is -0.759. The molecule has 0 aliphatic carbocycles. The lowest BCUT2D eigenvalue weighted by atomic mass is 9.99. The van der Waals surface area contributed by atoms with Gasteiger partial charge in [-0.05, 0) is 29.5 Å². The molecule has 3 unspecified atom stereocenters. The predicted octanol–water partition coefficient (Wildman–Crippen LogP) is 4.26. The van der Waals surface area contributed by atoms with E-state index < -0.39 is 10.8 Å². The van der Waals surface area contributed by atoms with Crippen LogP contribution in [0.15, 0.2) is 24.3 Å². The molecule has 3 atom stereocenters. The van der Waals surface area contributed by atoms with E-state index in [1.807, 2.05) is 0 Å². The highest BCUT2D eigenvalue weighted by Gasteiger charge is 2.15. The average Bonchev–Trinajstić information content (AvgIpc) is 2.46. The molecule has 1 rings (SSSR count). The molecular weight excluding hydrogens is 278 g/mol. The van der Waals surface area contributed by atoms with Crippen LogP contribution >= 0.6 is 0 Å². The van der Waals surface area contributed by atoms with Crippen LogP contribution in [-0.2, 0) is 10.8 Å². The van der Waals surface area contributed by atoms with E-state index in [-0.39, 0.29) is 6.04 Å². The first kappa shape index (κ1) is 18.4. The van der Waals surface area contributed by atoms with Crippen molar-refractivity contribution in [3.63, 3.8) is 0 Å². The van der Waals surface area contributed by atoms with E-state index in [4.69, 9.17) is 0 Å². The van der Waals surface area contributed by atoms with E-state index in [0.717, 1.165) is 18.7 Å². The minimum absolute atomic E-state index is 0.195. The Morgan fingerprint density at radius 2 is 1.57 bits per heavy atom. The summed E-state index contributed by atoms with van der Waals surface area (Å²) in [6.45, 7) is 11.8. The van der Waals surface area contributed by atoms with Crippen molar-refractivity contribution in [2.45, 2.75) is 53.0 Å². The molecule has 0 bridgehead atoms. The van der Waals surface area contributed by atoms with E-state index in [2.05, 4.69) is 64.2 Å². The zero-order valence-electron chi connectivity index (χ0n) is 14.2. The van der Waals surface area contributed by atoms with Crippen molar-refractivity contribution < 1.29 is 4.21 Å². The Morgan fingerprint density at radius 1 is 1.00 bits per heavy atom. The standard InChI is InChI=1S/C18H31NOS/c1-6-15(5)12-21(20)13-18(19-7-2)17-10-8-16(9-11-17)14(3)4/h8-11,14-15,18-19H,6-7,12-13H2,1-5H3. The first-order valence-corrected chi connectivity index (χ1v) is 9.64.